The lowest BCUT2D eigenvalue weighted by Crippen LogP contribution is -2.45. The van der Waals surface area contributed by atoms with E-state index in [-0.39, 0.29) is 11.8 Å². The molecule has 2 unspecified atom stereocenters. The summed E-state index contributed by atoms with van der Waals surface area (Å²) in [7, 11) is 0. The van der Waals surface area contributed by atoms with Gasteiger partial charge in [0.1, 0.15) is 0 Å². The van der Waals surface area contributed by atoms with Crippen LogP contribution in [0.3, 0.4) is 0 Å². The summed E-state index contributed by atoms with van der Waals surface area (Å²) in [5.41, 5.74) is 3.11. The van der Waals surface area contributed by atoms with E-state index in [1.54, 1.807) is 22.2 Å². The van der Waals surface area contributed by atoms with Gasteiger partial charge in [-0.2, -0.15) is 0 Å². The third-order valence-corrected chi connectivity index (χ3v) is 6.08. The highest BCUT2D eigenvalue weighted by Gasteiger charge is 2.40. The van der Waals surface area contributed by atoms with Crippen molar-refractivity contribution in [3.63, 3.8) is 0 Å². The number of benzene rings is 4. The highest BCUT2D eigenvalue weighted by Crippen LogP contribution is 2.43. The van der Waals surface area contributed by atoms with Crippen LogP contribution in [0.1, 0.15) is 43.9 Å². The predicted octanol–water partition coefficient (Wildman–Crippen LogP) is 6.24. The number of carbonyl (C=O) groups excluding carboxylic acids is 2. The average molecular weight is 445 g/mol. The lowest BCUT2D eigenvalue weighted by Gasteiger charge is -2.44. The lowest BCUT2D eigenvalue weighted by molar-refractivity contribution is 0.0511. The summed E-state index contributed by atoms with van der Waals surface area (Å²) in [6.07, 6.45) is 3.46. The molecule has 0 radical (unpaired) electrons. The zero-order chi connectivity index (χ0) is 23.3. The predicted molar refractivity (Wildman–Crippen MR) is 133 cm³/mol. The lowest BCUT2D eigenvalue weighted by atomic mass is 9.89. The summed E-state index contributed by atoms with van der Waals surface area (Å²) in [4.78, 5) is 30.9. The third-order valence-electron chi connectivity index (χ3n) is 6.08. The van der Waals surface area contributed by atoms with E-state index >= 15 is 0 Å². The Morgan fingerprint density at radius 2 is 0.735 bits per heavy atom. The van der Waals surface area contributed by atoms with Crippen LogP contribution in [0.2, 0.25) is 0 Å². The van der Waals surface area contributed by atoms with Gasteiger partial charge in [-0.15, -0.1) is 0 Å². The molecule has 0 fully saturated rings. The molecule has 2 amide bonds. The minimum atomic E-state index is -0.408. The monoisotopic (exact) mass is 444 g/mol. The highest BCUT2D eigenvalue weighted by molar-refractivity contribution is 5.97. The SMILES string of the molecule is O=C(c1ccccc1)N1C=CN(C(=O)c2ccccc2)C(c2ccccc2)C1c1ccccc1. The summed E-state index contributed by atoms with van der Waals surface area (Å²) < 4.78 is 0. The first kappa shape index (κ1) is 21.4. The first-order valence-electron chi connectivity index (χ1n) is 11.3. The van der Waals surface area contributed by atoms with Crippen molar-refractivity contribution in [1.82, 2.24) is 9.80 Å². The fraction of sp³-hybridized carbons (Fsp3) is 0.0667. The van der Waals surface area contributed by atoms with Crippen LogP contribution in [0.5, 0.6) is 0 Å². The van der Waals surface area contributed by atoms with E-state index in [1.165, 1.54) is 0 Å². The molecule has 1 aliphatic rings. The molecule has 1 aliphatic heterocycles. The minimum absolute atomic E-state index is 0.113. The first-order chi connectivity index (χ1) is 16.7. The molecule has 4 aromatic carbocycles. The van der Waals surface area contributed by atoms with Gasteiger partial charge in [-0.3, -0.25) is 9.59 Å². The van der Waals surface area contributed by atoms with E-state index < -0.39 is 12.1 Å². The van der Waals surface area contributed by atoms with E-state index in [0.717, 1.165) is 11.1 Å². The van der Waals surface area contributed by atoms with Crippen molar-refractivity contribution in [2.24, 2.45) is 0 Å². The third kappa shape index (κ3) is 4.14. The zero-order valence-corrected chi connectivity index (χ0v) is 18.6. The summed E-state index contributed by atoms with van der Waals surface area (Å²) in [5.74, 6) is -0.225. The quantitative estimate of drug-likeness (QED) is 0.374. The number of hydrogen-bond acceptors (Lipinski definition) is 2. The number of rotatable bonds is 4. The van der Waals surface area contributed by atoms with Crippen LogP contribution in [0.15, 0.2) is 134 Å². The van der Waals surface area contributed by atoms with Crippen molar-refractivity contribution < 1.29 is 9.59 Å². The molecular formula is C30H24N2O2. The van der Waals surface area contributed by atoms with Crippen LogP contribution in [-0.2, 0) is 0 Å². The Hall–Kier alpha value is -4.44. The van der Waals surface area contributed by atoms with E-state index in [9.17, 15) is 9.59 Å². The highest BCUT2D eigenvalue weighted by atomic mass is 16.2. The standard InChI is InChI=1S/C30H24N2O2/c33-29(25-17-9-3-10-18-25)31-21-22-32(30(34)26-19-11-4-12-20-26)28(24-15-7-2-8-16-24)27(31)23-13-5-1-6-14-23/h1-22,27-28H. The van der Waals surface area contributed by atoms with Gasteiger partial charge in [0.25, 0.3) is 11.8 Å². The van der Waals surface area contributed by atoms with Gasteiger partial charge >= 0.3 is 0 Å². The average Bonchev–Trinajstić information content (AvgIpc) is 2.93. The Kier molecular flexibility index (Phi) is 6.04. The molecule has 4 heteroatoms. The van der Waals surface area contributed by atoms with Gasteiger partial charge in [0.05, 0.1) is 12.1 Å². The van der Waals surface area contributed by atoms with E-state index in [2.05, 4.69) is 0 Å². The van der Waals surface area contributed by atoms with Crippen molar-refractivity contribution in [2.45, 2.75) is 12.1 Å². The van der Waals surface area contributed by atoms with Crippen molar-refractivity contribution >= 4 is 11.8 Å². The first-order valence-corrected chi connectivity index (χ1v) is 11.3. The molecule has 0 bridgehead atoms. The molecule has 4 aromatic rings. The van der Waals surface area contributed by atoms with Gasteiger partial charge < -0.3 is 9.80 Å². The van der Waals surface area contributed by atoms with E-state index in [4.69, 9.17) is 0 Å². The van der Waals surface area contributed by atoms with Crippen LogP contribution < -0.4 is 0 Å². The Bertz CT molecular complexity index is 1190. The molecule has 0 saturated heterocycles. The normalized spacial score (nSPS) is 17.4. The Morgan fingerprint density at radius 3 is 1.06 bits per heavy atom. The van der Waals surface area contributed by atoms with Crippen molar-refractivity contribution in [3.8, 4) is 0 Å². The number of nitrogens with zero attached hydrogens (tertiary/aromatic N) is 2. The molecule has 166 valence electrons. The fourth-order valence-corrected chi connectivity index (χ4v) is 4.47. The maximum Gasteiger partial charge on any atom is 0.258 e. The number of amides is 2. The number of hydrogen-bond donors (Lipinski definition) is 0. The number of carbonyl (C=O) groups is 2. The van der Waals surface area contributed by atoms with Crippen molar-refractivity contribution in [3.05, 3.63) is 156 Å². The van der Waals surface area contributed by atoms with Gasteiger partial charge in [0, 0.05) is 23.5 Å². The van der Waals surface area contributed by atoms with Crippen LogP contribution in [0, 0.1) is 0 Å². The van der Waals surface area contributed by atoms with Crippen LogP contribution >= 0.6 is 0 Å². The van der Waals surface area contributed by atoms with E-state index in [1.807, 2.05) is 121 Å². The Balaban J connectivity index is 1.67. The summed E-state index contributed by atoms with van der Waals surface area (Å²) in [6, 6.07) is 37.5. The Labute approximate surface area is 199 Å². The molecule has 4 nitrogen and oxygen atoms in total. The summed E-state index contributed by atoms with van der Waals surface area (Å²) in [6.45, 7) is 0. The van der Waals surface area contributed by atoms with Gasteiger partial charge in [0.2, 0.25) is 0 Å². The summed E-state index contributed by atoms with van der Waals surface area (Å²) >= 11 is 0. The molecular weight excluding hydrogens is 420 g/mol. The fourth-order valence-electron chi connectivity index (χ4n) is 4.47. The van der Waals surface area contributed by atoms with Gasteiger partial charge in [-0.25, -0.2) is 0 Å². The topological polar surface area (TPSA) is 40.6 Å². The van der Waals surface area contributed by atoms with Gasteiger partial charge in [-0.05, 0) is 35.4 Å². The van der Waals surface area contributed by atoms with Crippen molar-refractivity contribution in [2.75, 3.05) is 0 Å². The molecule has 5 rings (SSSR count). The van der Waals surface area contributed by atoms with Crippen molar-refractivity contribution in [1.29, 1.82) is 0 Å². The Morgan fingerprint density at radius 1 is 0.441 bits per heavy atom. The second-order valence-corrected chi connectivity index (χ2v) is 8.17. The molecule has 2 atom stereocenters. The van der Waals surface area contributed by atoms with Gasteiger partial charge in [0.15, 0.2) is 0 Å². The van der Waals surface area contributed by atoms with Crippen LogP contribution in [0.25, 0.3) is 0 Å². The van der Waals surface area contributed by atoms with Gasteiger partial charge in [-0.1, -0.05) is 97.1 Å². The van der Waals surface area contributed by atoms with E-state index in [0.29, 0.717) is 11.1 Å². The largest absolute Gasteiger partial charge is 0.304 e. The molecule has 0 aliphatic carbocycles. The summed E-state index contributed by atoms with van der Waals surface area (Å²) in [5, 5.41) is 0. The maximum absolute atomic E-state index is 13.7. The van der Waals surface area contributed by atoms with Crippen LogP contribution in [0.4, 0.5) is 0 Å². The second kappa shape index (κ2) is 9.59. The molecule has 1 heterocycles. The molecule has 0 saturated carbocycles. The molecule has 0 aromatic heterocycles. The smallest absolute Gasteiger partial charge is 0.258 e. The minimum Gasteiger partial charge on any atom is -0.304 e. The second-order valence-electron chi connectivity index (χ2n) is 8.17. The molecule has 0 spiro atoms. The molecule has 34 heavy (non-hydrogen) atoms. The maximum atomic E-state index is 13.7. The zero-order valence-electron chi connectivity index (χ0n) is 18.6. The van der Waals surface area contributed by atoms with Crippen LogP contribution in [-0.4, -0.2) is 21.6 Å². The molecule has 0 N–H and O–H groups in total.